The van der Waals surface area contributed by atoms with Gasteiger partial charge in [0.15, 0.2) is 0 Å². The van der Waals surface area contributed by atoms with Crippen molar-refractivity contribution in [2.75, 3.05) is 5.73 Å². The minimum absolute atomic E-state index is 0.00155. The van der Waals surface area contributed by atoms with E-state index in [2.05, 4.69) is 4.72 Å². The van der Waals surface area contributed by atoms with E-state index in [9.17, 15) is 8.42 Å². The Morgan fingerprint density at radius 3 is 2.67 bits per heavy atom. The predicted octanol–water partition coefficient (Wildman–Crippen LogP) is 3.03. The maximum Gasteiger partial charge on any atom is 0.244 e. The number of anilines is 1. The Kier molecular flexibility index (Phi) is 3.93. The topological polar surface area (TPSA) is 72.2 Å². The summed E-state index contributed by atoms with van der Waals surface area (Å²) in [4.78, 5) is 0.00155. The predicted molar refractivity (Wildman–Crippen MR) is 84.6 cm³/mol. The van der Waals surface area contributed by atoms with Crippen LogP contribution in [0.3, 0.4) is 0 Å². The number of halogens is 1. The first-order chi connectivity index (χ1) is 9.88. The van der Waals surface area contributed by atoms with E-state index in [-0.39, 0.29) is 21.6 Å². The number of hydrogen-bond donors (Lipinski definition) is 2. The zero-order chi connectivity index (χ0) is 15.2. The van der Waals surface area contributed by atoms with Gasteiger partial charge in [0.1, 0.15) is 4.90 Å². The van der Waals surface area contributed by atoms with Crippen LogP contribution in [0.25, 0.3) is 0 Å². The van der Waals surface area contributed by atoms with Gasteiger partial charge in [-0.3, -0.25) is 0 Å². The van der Waals surface area contributed by atoms with E-state index < -0.39 is 10.0 Å². The fourth-order valence-corrected chi connectivity index (χ4v) is 6.08. The molecule has 4 nitrogen and oxygen atoms in total. The zero-order valence-electron chi connectivity index (χ0n) is 12.0. The summed E-state index contributed by atoms with van der Waals surface area (Å²) in [6.45, 7) is 1.95. The van der Waals surface area contributed by atoms with Crippen LogP contribution in [0.1, 0.15) is 32.6 Å². The lowest BCUT2D eigenvalue weighted by atomic mass is 9.84. The minimum atomic E-state index is -3.68. The van der Waals surface area contributed by atoms with Gasteiger partial charge < -0.3 is 5.73 Å². The third-order valence-corrected chi connectivity index (χ3v) is 7.14. The lowest BCUT2D eigenvalue weighted by Crippen LogP contribution is -2.40. The van der Waals surface area contributed by atoms with Crippen LogP contribution in [-0.2, 0) is 10.0 Å². The third-order valence-electron chi connectivity index (χ3n) is 5.04. The van der Waals surface area contributed by atoms with Gasteiger partial charge in [0.05, 0.1) is 10.7 Å². The first-order valence-corrected chi connectivity index (χ1v) is 9.31. The van der Waals surface area contributed by atoms with Crippen molar-refractivity contribution in [3.63, 3.8) is 0 Å². The molecule has 2 aliphatic rings. The molecule has 2 fully saturated rings. The minimum Gasteiger partial charge on any atom is -0.398 e. The van der Waals surface area contributed by atoms with Crippen molar-refractivity contribution < 1.29 is 8.42 Å². The molecule has 0 amide bonds. The standard InChI is InChI=1S/C15H21ClN2O2S/c1-9(12-8-10-5-6-11(12)7-10)18-21(19,20)15-13(16)3-2-4-14(15)17/h2-4,9-12,18H,5-8,17H2,1H3. The normalized spacial score (nSPS) is 29.7. The molecule has 0 heterocycles. The van der Waals surface area contributed by atoms with Crippen molar-refractivity contribution >= 4 is 27.3 Å². The second-order valence-electron chi connectivity index (χ2n) is 6.41. The Morgan fingerprint density at radius 2 is 2.10 bits per heavy atom. The lowest BCUT2D eigenvalue weighted by Gasteiger charge is -2.28. The molecule has 0 aromatic heterocycles. The number of nitrogens with one attached hydrogen (secondary N) is 1. The number of fused-ring (bicyclic) bond motifs is 2. The molecule has 4 unspecified atom stereocenters. The maximum atomic E-state index is 12.6. The van der Waals surface area contributed by atoms with E-state index >= 15 is 0 Å². The maximum absolute atomic E-state index is 12.6. The third kappa shape index (κ3) is 2.79. The first-order valence-electron chi connectivity index (χ1n) is 7.45. The smallest absolute Gasteiger partial charge is 0.244 e. The molecule has 21 heavy (non-hydrogen) atoms. The Hall–Kier alpha value is -0.780. The van der Waals surface area contributed by atoms with E-state index in [1.54, 1.807) is 18.2 Å². The van der Waals surface area contributed by atoms with Crippen LogP contribution < -0.4 is 10.5 Å². The number of benzene rings is 1. The van der Waals surface area contributed by atoms with Crippen LogP contribution in [0.5, 0.6) is 0 Å². The number of rotatable bonds is 4. The van der Waals surface area contributed by atoms with Crippen molar-refractivity contribution in [2.45, 2.75) is 43.5 Å². The SMILES string of the molecule is CC(NS(=O)(=O)c1c(N)cccc1Cl)C1CC2CCC1C2. The molecule has 4 atom stereocenters. The Bertz CT molecular complexity index is 627. The van der Waals surface area contributed by atoms with Crippen molar-refractivity contribution in [1.29, 1.82) is 0 Å². The summed E-state index contributed by atoms with van der Waals surface area (Å²) in [6, 6.07) is 4.67. The van der Waals surface area contributed by atoms with E-state index in [0.29, 0.717) is 11.8 Å². The average molecular weight is 329 g/mol. The van der Waals surface area contributed by atoms with Crippen LogP contribution in [0.4, 0.5) is 5.69 Å². The van der Waals surface area contributed by atoms with Crippen molar-refractivity contribution in [2.24, 2.45) is 17.8 Å². The van der Waals surface area contributed by atoms with Crippen LogP contribution in [0, 0.1) is 17.8 Å². The molecular weight excluding hydrogens is 308 g/mol. The summed E-state index contributed by atoms with van der Waals surface area (Å²) in [7, 11) is -3.68. The number of nitrogens with two attached hydrogens (primary N) is 1. The van der Waals surface area contributed by atoms with Gasteiger partial charge in [-0.1, -0.05) is 24.1 Å². The highest BCUT2D eigenvalue weighted by Crippen LogP contribution is 2.49. The summed E-state index contributed by atoms with van der Waals surface area (Å²) in [5.74, 6) is 1.89. The second kappa shape index (κ2) is 5.45. The number of nitrogen functional groups attached to an aromatic ring is 1. The summed E-state index contributed by atoms with van der Waals surface area (Å²) >= 11 is 6.02. The summed E-state index contributed by atoms with van der Waals surface area (Å²) < 4.78 is 27.9. The molecule has 3 rings (SSSR count). The monoisotopic (exact) mass is 328 g/mol. The van der Waals surface area contributed by atoms with Crippen molar-refractivity contribution in [1.82, 2.24) is 4.72 Å². The first kappa shape index (κ1) is 15.1. The molecule has 0 spiro atoms. The highest BCUT2D eigenvalue weighted by atomic mass is 35.5. The van der Waals surface area contributed by atoms with Crippen molar-refractivity contribution in [3.8, 4) is 0 Å². The Morgan fingerprint density at radius 1 is 1.33 bits per heavy atom. The quantitative estimate of drug-likeness (QED) is 0.834. The molecule has 0 aliphatic heterocycles. The molecule has 3 N–H and O–H groups in total. The molecule has 0 saturated heterocycles. The van der Waals surface area contributed by atoms with Crippen molar-refractivity contribution in [3.05, 3.63) is 23.2 Å². The molecule has 1 aromatic carbocycles. The van der Waals surface area contributed by atoms with Gasteiger partial charge >= 0.3 is 0 Å². The van der Waals surface area contributed by atoms with Crippen LogP contribution >= 0.6 is 11.6 Å². The van der Waals surface area contributed by atoms with Crippen LogP contribution in [-0.4, -0.2) is 14.5 Å². The fraction of sp³-hybridized carbons (Fsp3) is 0.600. The summed E-state index contributed by atoms with van der Waals surface area (Å²) in [5, 5.41) is 0.169. The van der Waals surface area contributed by atoms with E-state index in [1.165, 1.54) is 19.3 Å². The second-order valence-corrected chi connectivity index (χ2v) is 8.46. The van der Waals surface area contributed by atoms with Gasteiger partial charge in [0, 0.05) is 6.04 Å². The zero-order valence-corrected chi connectivity index (χ0v) is 13.6. The summed E-state index contributed by atoms with van der Waals surface area (Å²) in [6.07, 6.45) is 4.92. The van der Waals surface area contributed by atoms with Gasteiger partial charge in [-0.25, -0.2) is 13.1 Å². The summed E-state index contributed by atoms with van der Waals surface area (Å²) in [5.41, 5.74) is 5.98. The molecular formula is C15H21ClN2O2S. The molecule has 2 saturated carbocycles. The van der Waals surface area contributed by atoms with Gasteiger partial charge in [0.25, 0.3) is 0 Å². The van der Waals surface area contributed by atoms with Crippen LogP contribution in [0.15, 0.2) is 23.1 Å². The van der Waals surface area contributed by atoms with Crippen LogP contribution in [0.2, 0.25) is 5.02 Å². The lowest BCUT2D eigenvalue weighted by molar-refractivity contribution is 0.280. The molecule has 1 aromatic rings. The van der Waals surface area contributed by atoms with Gasteiger partial charge in [-0.2, -0.15) is 0 Å². The van der Waals surface area contributed by atoms with Gasteiger partial charge in [0.2, 0.25) is 10.0 Å². The highest BCUT2D eigenvalue weighted by molar-refractivity contribution is 7.89. The van der Waals surface area contributed by atoms with E-state index in [4.69, 9.17) is 17.3 Å². The molecule has 0 radical (unpaired) electrons. The van der Waals surface area contributed by atoms with Gasteiger partial charge in [-0.15, -0.1) is 0 Å². The van der Waals surface area contributed by atoms with E-state index in [1.807, 2.05) is 6.92 Å². The van der Waals surface area contributed by atoms with Gasteiger partial charge in [-0.05, 0) is 56.1 Å². The fourth-order valence-electron chi connectivity index (χ4n) is 4.11. The number of sulfonamides is 1. The highest BCUT2D eigenvalue weighted by Gasteiger charge is 2.42. The largest absolute Gasteiger partial charge is 0.398 e. The molecule has 2 aliphatic carbocycles. The molecule has 2 bridgehead atoms. The van der Waals surface area contributed by atoms with E-state index in [0.717, 1.165) is 12.3 Å². The Labute approximate surface area is 131 Å². The number of hydrogen-bond acceptors (Lipinski definition) is 3. The Balaban J connectivity index is 1.80. The molecule has 116 valence electrons. The average Bonchev–Trinajstić information content (AvgIpc) is 2.99. The molecule has 6 heteroatoms.